The summed E-state index contributed by atoms with van der Waals surface area (Å²) in [5, 5.41) is 0. The number of anilines is 1. The van der Waals surface area contributed by atoms with Gasteiger partial charge in [0, 0.05) is 16.6 Å². The molecule has 1 heterocycles. The number of aromatic nitrogens is 3. The zero-order chi connectivity index (χ0) is 16.2. The van der Waals surface area contributed by atoms with Crippen LogP contribution in [0.5, 0.6) is 6.01 Å². The molecule has 2 N–H and O–H groups in total. The van der Waals surface area contributed by atoms with E-state index in [4.69, 9.17) is 15.5 Å². The molecule has 0 atom stereocenters. The normalized spacial score (nSPS) is 14.8. The van der Waals surface area contributed by atoms with Crippen molar-refractivity contribution in [2.45, 2.75) is 25.8 Å². The summed E-state index contributed by atoms with van der Waals surface area (Å²) in [5.74, 6) is 1.32. The molecule has 1 saturated carbocycles. The number of aliphatic imine (C=N–C) groups is 1. The second-order valence-electron chi connectivity index (χ2n) is 5.48. The first-order chi connectivity index (χ1) is 11.1. The van der Waals surface area contributed by atoms with Crippen LogP contribution < -0.4 is 10.5 Å². The Morgan fingerprint density at radius 2 is 2.00 bits per heavy atom. The molecule has 1 aliphatic carbocycles. The molecule has 120 valence electrons. The van der Waals surface area contributed by atoms with E-state index in [0.29, 0.717) is 24.7 Å². The number of halogens is 1. The minimum atomic E-state index is 0.176. The number of nitrogen functional groups attached to an aromatic ring is 1. The van der Waals surface area contributed by atoms with Gasteiger partial charge < -0.3 is 10.5 Å². The van der Waals surface area contributed by atoms with Crippen molar-refractivity contribution in [2.24, 2.45) is 10.9 Å². The third kappa shape index (κ3) is 4.48. The molecule has 0 unspecified atom stereocenters. The highest BCUT2D eigenvalue weighted by molar-refractivity contribution is 9.10. The predicted molar refractivity (Wildman–Crippen MR) is 92.5 cm³/mol. The first-order valence-corrected chi connectivity index (χ1v) is 8.25. The molecule has 0 spiro atoms. The lowest BCUT2D eigenvalue weighted by atomic mass is 10.1. The molecule has 0 saturated heterocycles. The van der Waals surface area contributed by atoms with E-state index in [1.54, 1.807) is 0 Å². The number of hydrogen-bond donors (Lipinski definition) is 1. The van der Waals surface area contributed by atoms with Crippen LogP contribution in [0.2, 0.25) is 0 Å². The van der Waals surface area contributed by atoms with E-state index in [1.165, 1.54) is 25.5 Å². The Bertz CT molecular complexity index is 713. The van der Waals surface area contributed by atoms with Gasteiger partial charge in [-0.2, -0.15) is 15.0 Å². The lowest BCUT2D eigenvalue weighted by Gasteiger charge is -2.07. The minimum Gasteiger partial charge on any atom is -0.467 e. The van der Waals surface area contributed by atoms with Crippen molar-refractivity contribution in [1.82, 2.24) is 15.0 Å². The van der Waals surface area contributed by atoms with Gasteiger partial charge in [0.15, 0.2) is 0 Å². The predicted octanol–water partition coefficient (Wildman–Crippen LogP) is 2.82. The van der Waals surface area contributed by atoms with Gasteiger partial charge in [0.25, 0.3) is 0 Å². The number of nitrogens with two attached hydrogens (primary N) is 1. The maximum Gasteiger partial charge on any atom is 0.321 e. The topological polar surface area (TPSA) is 86.3 Å². The third-order valence-corrected chi connectivity index (χ3v) is 4.16. The molecule has 0 radical (unpaired) electrons. The Hall–Kier alpha value is -2.02. The van der Waals surface area contributed by atoms with Crippen LogP contribution in [-0.4, -0.2) is 27.8 Å². The maximum atomic E-state index is 5.70. The molecule has 0 bridgehead atoms. The van der Waals surface area contributed by atoms with E-state index < -0.39 is 0 Å². The monoisotopic (exact) mass is 375 g/mol. The van der Waals surface area contributed by atoms with Crippen LogP contribution in [0, 0.1) is 5.92 Å². The Labute approximate surface area is 143 Å². The molecular weight excluding hydrogens is 358 g/mol. The molecule has 2 aromatic rings. The van der Waals surface area contributed by atoms with Crippen molar-refractivity contribution in [3.63, 3.8) is 0 Å². The summed E-state index contributed by atoms with van der Waals surface area (Å²) >= 11 is 3.44. The summed E-state index contributed by atoms with van der Waals surface area (Å²) in [5.41, 5.74) is 8.00. The van der Waals surface area contributed by atoms with Crippen LogP contribution in [-0.2, 0) is 13.0 Å². The van der Waals surface area contributed by atoms with Gasteiger partial charge in [0.05, 0.1) is 13.7 Å². The average molecular weight is 376 g/mol. The molecule has 23 heavy (non-hydrogen) atoms. The van der Waals surface area contributed by atoms with Crippen LogP contribution in [0.3, 0.4) is 0 Å². The molecule has 0 amide bonds. The standard InChI is InChI=1S/C16H18BrN5O/c1-23-16-21-14(20-15(18)22-16)8-13(11-4-5-11)19-9-10-2-6-12(17)7-3-10/h2-3,6-7,11H,4-5,8-9H2,1H3,(H2,18,20,21,22). The quantitative estimate of drug-likeness (QED) is 0.784. The molecule has 1 fully saturated rings. The van der Waals surface area contributed by atoms with Crippen LogP contribution in [0.4, 0.5) is 5.95 Å². The zero-order valence-corrected chi connectivity index (χ0v) is 14.5. The highest BCUT2D eigenvalue weighted by Gasteiger charge is 2.28. The van der Waals surface area contributed by atoms with Crippen molar-refractivity contribution >= 4 is 27.6 Å². The number of hydrogen-bond acceptors (Lipinski definition) is 6. The first kappa shape index (κ1) is 15.9. The Balaban J connectivity index is 1.75. The van der Waals surface area contributed by atoms with Gasteiger partial charge in [-0.25, -0.2) is 0 Å². The number of benzene rings is 1. The molecule has 6 nitrogen and oxygen atoms in total. The fraction of sp³-hybridized carbons (Fsp3) is 0.375. The van der Waals surface area contributed by atoms with Crippen LogP contribution in [0.1, 0.15) is 24.2 Å². The minimum absolute atomic E-state index is 0.176. The molecule has 7 heteroatoms. The van der Waals surface area contributed by atoms with Crippen molar-refractivity contribution in [2.75, 3.05) is 12.8 Å². The van der Waals surface area contributed by atoms with Crippen LogP contribution >= 0.6 is 15.9 Å². The van der Waals surface area contributed by atoms with Gasteiger partial charge in [-0.05, 0) is 36.5 Å². The van der Waals surface area contributed by atoms with Gasteiger partial charge in [-0.15, -0.1) is 0 Å². The van der Waals surface area contributed by atoms with E-state index in [1.807, 2.05) is 12.1 Å². The molecule has 1 aromatic heterocycles. The smallest absolute Gasteiger partial charge is 0.321 e. The molecule has 3 rings (SSSR count). The summed E-state index contributed by atoms with van der Waals surface area (Å²) < 4.78 is 6.12. The SMILES string of the molecule is COc1nc(N)nc(CC(=NCc2ccc(Br)cc2)C2CC2)n1. The summed E-state index contributed by atoms with van der Waals surface area (Å²) in [4.78, 5) is 17.1. The van der Waals surface area contributed by atoms with Crippen molar-refractivity contribution in [3.8, 4) is 6.01 Å². The fourth-order valence-electron chi connectivity index (χ4n) is 2.28. The summed E-state index contributed by atoms with van der Waals surface area (Å²) in [7, 11) is 1.52. The lowest BCUT2D eigenvalue weighted by molar-refractivity contribution is 0.377. The van der Waals surface area contributed by atoms with Gasteiger partial charge in [0.1, 0.15) is 5.82 Å². The summed E-state index contributed by atoms with van der Waals surface area (Å²) in [6.45, 7) is 0.664. The first-order valence-electron chi connectivity index (χ1n) is 7.46. The number of methoxy groups -OCH3 is 1. The highest BCUT2D eigenvalue weighted by Crippen LogP contribution is 2.32. The third-order valence-electron chi connectivity index (χ3n) is 3.63. The lowest BCUT2D eigenvalue weighted by Crippen LogP contribution is -2.12. The molecule has 1 aliphatic rings. The highest BCUT2D eigenvalue weighted by atomic mass is 79.9. The van der Waals surface area contributed by atoms with Crippen LogP contribution in [0.15, 0.2) is 33.7 Å². The number of rotatable bonds is 6. The van der Waals surface area contributed by atoms with E-state index in [9.17, 15) is 0 Å². The summed E-state index contributed by atoms with van der Waals surface area (Å²) in [6.07, 6.45) is 2.94. The van der Waals surface area contributed by atoms with Crippen molar-refractivity contribution in [3.05, 3.63) is 40.1 Å². The largest absolute Gasteiger partial charge is 0.467 e. The van der Waals surface area contributed by atoms with Crippen molar-refractivity contribution in [1.29, 1.82) is 0 Å². The summed E-state index contributed by atoms with van der Waals surface area (Å²) in [6, 6.07) is 8.44. The van der Waals surface area contributed by atoms with Gasteiger partial charge in [-0.1, -0.05) is 28.1 Å². The second-order valence-corrected chi connectivity index (χ2v) is 6.40. The zero-order valence-electron chi connectivity index (χ0n) is 12.9. The molecule has 1 aromatic carbocycles. The van der Waals surface area contributed by atoms with E-state index in [-0.39, 0.29) is 12.0 Å². The maximum absolute atomic E-state index is 5.70. The van der Waals surface area contributed by atoms with E-state index in [2.05, 4.69) is 43.0 Å². The second kappa shape index (κ2) is 7.04. The van der Waals surface area contributed by atoms with Gasteiger partial charge in [-0.3, -0.25) is 4.99 Å². The van der Waals surface area contributed by atoms with Gasteiger partial charge >= 0.3 is 6.01 Å². The Morgan fingerprint density at radius 3 is 2.65 bits per heavy atom. The van der Waals surface area contributed by atoms with Crippen molar-refractivity contribution < 1.29 is 4.74 Å². The number of ether oxygens (including phenoxy) is 1. The van der Waals surface area contributed by atoms with Crippen LogP contribution in [0.25, 0.3) is 0 Å². The van der Waals surface area contributed by atoms with Gasteiger partial charge in [0.2, 0.25) is 5.95 Å². The average Bonchev–Trinajstić information content (AvgIpc) is 3.37. The van der Waals surface area contributed by atoms with E-state index in [0.717, 1.165) is 10.2 Å². The fourth-order valence-corrected chi connectivity index (χ4v) is 2.54. The Morgan fingerprint density at radius 1 is 1.26 bits per heavy atom. The molecule has 0 aliphatic heterocycles. The Kier molecular flexibility index (Phi) is 4.85. The molecular formula is C16H18BrN5O. The number of nitrogens with zero attached hydrogens (tertiary/aromatic N) is 4. The van der Waals surface area contributed by atoms with E-state index >= 15 is 0 Å².